The van der Waals surface area contributed by atoms with Crippen molar-refractivity contribution in [3.05, 3.63) is 36.0 Å². The number of para-hydroxylation sites is 1. The van der Waals surface area contributed by atoms with Gasteiger partial charge in [-0.2, -0.15) is 0 Å². The molecule has 1 saturated heterocycles. The minimum Gasteiger partial charge on any atom is -0.361 e. The lowest BCUT2D eigenvalue weighted by Gasteiger charge is -2.22. The molecule has 3 N–H and O–H groups in total. The van der Waals surface area contributed by atoms with Crippen LogP contribution in [0.25, 0.3) is 10.9 Å². The van der Waals surface area contributed by atoms with Crippen molar-refractivity contribution in [1.29, 1.82) is 0 Å². The van der Waals surface area contributed by atoms with Gasteiger partial charge in [-0.05, 0) is 56.3 Å². The maximum absolute atomic E-state index is 11.9. The third kappa shape index (κ3) is 3.89. The predicted molar refractivity (Wildman–Crippen MR) is 89.8 cm³/mol. The highest BCUT2D eigenvalue weighted by atomic mass is 16.1. The Balaban J connectivity index is 1.40. The van der Waals surface area contributed by atoms with Crippen LogP contribution in [-0.2, 0) is 11.2 Å². The number of aromatic nitrogens is 1. The highest BCUT2D eigenvalue weighted by Crippen LogP contribution is 2.19. The minimum atomic E-state index is 0.193. The highest BCUT2D eigenvalue weighted by Gasteiger charge is 2.13. The summed E-state index contributed by atoms with van der Waals surface area (Å²) >= 11 is 0. The zero-order valence-electron chi connectivity index (χ0n) is 13.0. The lowest BCUT2D eigenvalue weighted by Crippen LogP contribution is -2.35. The molecule has 4 heteroatoms. The molecule has 1 aromatic heterocycles. The Morgan fingerprint density at radius 3 is 2.91 bits per heavy atom. The van der Waals surface area contributed by atoms with Gasteiger partial charge in [-0.1, -0.05) is 18.2 Å². The van der Waals surface area contributed by atoms with E-state index >= 15 is 0 Å². The van der Waals surface area contributed by atoms with Crippen molar-refractivity contribution in [3.63, 3.8) is 0 Å². The van der Waals surface area contributed by atoms with Gasteiger partial charge in [0.2, 0.25) is 5.91 Å². The Morgan fingerprint density at radius 2 is 2.05 bits per heavy atom. The molecule has 2 heterocycles. The molecule has 0 bridgehead atoms. The Morgan fingerprint density at radius 1 is 1.23 bits per heavy atom. The summed E-state index contributed by atoms with van der Waals surface area (Å²) in [4.78, 5) is 15.2. The van der Waals surface area contributed by atoms with Crippen LogP contribution in [0.15, 0.2) is 30.5 Å². The summed E-state index contributed by atoms with van der Waals surface area (Å²) in [6.45, 7) is 3.01. The van der Waals surface area contributed by atoms with Crippen LogP contribution >= 0.6 is 0 Å². The molecule has 1 aliphatic heterocycles. The van der Waals surface area contributed by atoms with E-state index in [9.17, 15) is 4.79 Å². The number of aryl methyl sites for hydroxylation is 1. The fourth-order valence-electron chi connectivity index (χ4n) is 3.21. The normalized spacial score (nSPS) is 16.0. The van der Waals surface area contributed by atoms with Crippen molar-refractivity contribution in [3.8, 4) is 0 Å². The SMILES string of the molecule is O=C(CCCc1c[nH]c2ccccc12)NCC1CCNCC1. The number of aromatic amines is 1. The monoisotopic (exact) mass is 299 g/mol. The Labute approximate surface area is 131 Å². The van der Waals surface area contributed by atoms with Crippen LogP contribution in [0.4, 0.5) is 0 Å². The second-order valence-electron chi connectivity index (χ2n) is 6.21. The minimum absolute atomic E-state index is 0.193. The molecule has 4 nitrogen and oxygen atoms in total. The molecule has 1 aromatic carbocycles. The first kappa shape index (κ1) is 15.1. The van der Waals surface area contributed by atoms with E-state index in [-0.39, 0.29) is 5.91 Å². The van der Waals surface area contributed by atoms with Crippen LogP contribution in [0, 0.1) is 5.92 Å². The fraction of sp³-hybridized carbons (Fsp3) is 0.500. The van der Waals surface area contributed by atoms with Gasteiger partial charge < -0.3 is 15.6 Å². The number of carbonyl (C=O) groups is 1. The van der Waals surface area contributed by atoms with E-state index in [4.69, 9.17) is 0 Å². The summed E-state index contributed by atoms with van der Waals surface area (Å²) < 4.78 is 0. The van der Waals surface area contributed by atoms with Gasteiger partial charge in [-0.15, -0.1) is 0 Å². The largest absolute Gasteiger partial charge is 0.361 e. The zero-order valence-corrected chi connectivity index (χ0v) is 13.0. The smallest absolute Gasteiger partial charge is 0.220 e. The molecule has 2 aromatic rings. The van der Waals surface area contributed by atoms with Crippen LogP contribution in [0.2, 0.25) is 0 Å². The average Bonchev–Trinajstić information content (AvgIpc) is 2.97. The molecule has 0 aliphatic carbocycles. The van der Waals surface area contributed by atoms with Crippen molar-refractivity contribution < 1.29 is 4.79 Å². The molecule has 0 saturated carbocycles. The second kappa shape index (κ2) is 7.45. The number of piperidine rings is 1. The molecular formula is C18H25N3O. The molecule has 0 spiro atoms. The molecule has 118 valence electrons. The van der Waals surface area contributed by atoms with Crippen molar-refractivity contribution in [2.45, 2.75) is 32.1 Å². The number of hydrogen-bond donors (Lipinski definition) is 3. The standard InChI is InChI=1S/C18H25N3O/c22-18(21-12-14-8-10-19-11-9-14)7-3-4-15-13-20-17-6-2-1-5-16(15)17/h1-2,5-6,13-14,19-20H,3-4,7-12H2,(H,21,22). The van der Waals surface area contributed by atoms with Gasteiger partial charge in [-0.3, -0.25) is 4.79 Å². The molecule has 0 radical (unpaired) electrons. The Bertz CT molecular complexity index is 614. The molecular weight excluding hydrogens is 274 g/mol. The van der Waals surface area contributed by atoms with Gasteiger partial charge in [-0.25, -0.2) is 0 Å². The fourth-order valence-corrected chi connectivity index (χ4v) is 3.21. The van der Waals surface area contributed by atoms with Crippen molar-refractivity contribution >= 4 is 16.8 Å². The van der Waals surface area contributed by atoms with Crippen LogP contribution in [0.1, 0.15) is 31.2 Å². The number of H-pyrrole nitrogens is 1. The molecule has 1 aliphatic rings. The third-order valence-corrected chi connectivity index (χ3v) is 4.57. The summed E-state index contributed by atoms with van der Waals surface area (Å²) in [5.74, 6) is 0.845. The first-order valence-corrected chi connectivity index (χ1v) is 8.35. The van der Waals surface area contributed by atoms with E-state index in [0.717, 1.165) is 32.5 Å². The van der Waals surface area contributed by atoms with Crippen molar-refractivity contribution in [2.24, 2.45) is 5.92 Å². The Kier molecular flexibility index (Phi) is 5.11. The third-order valence-electron chi connectivity index (χ3n) is 4.57. The van der Waals surface area contributed by atoms with Crippen LogP contribution in [0.5, 0.6) is 0 Å². The average molecular weight is 299 g/mol. The predicted octanol–water partition coefficient (Wildman–Crippen LogP) is 2.61. The van der Waals surface area contributed by atoms with Crippen molar-refractivity contribution in [2.75, 3.05) is 19.6 Å². The molecule has 0 atom stereocenters. The number of hydrogen-bond acceptors (Lipinski definition) is 2. The first-order chi connectivity index (χ1) is 10.8. The van der Waals surface area contributed by atoms with Gasteiger partial charge in [0.25, 0.3) is 0 Å². The van der Waals surface area contributed by atoms with Crippen LogP contribution in [-0.4, -0.2) is 30.5 Å². The van der Waals surface area contributed by atoms with E-state index < -0.39 is 0 Å². The number of rotatable bonds is 6. The molecule has 3 rings (SSSR count). The summed E-state index contributed by atoms with van der Waals surface area (Å²) in [6, 6.07) is 8.32. The van der Waals surface area contributed by atoms with Gasteiger partial charge in [0.1, 0.15) is 0 Å². The molecule has 1 fully saturated rings. The highest BCUT2D eigenvalue weighted by molar-refractivity contribution is 5.83. The number of benzene rings is 1. The van der Waals surface area contributed by atoms with Crippen LogP contribution < -0.4 is 10.6 Å². The number of nitrogens with one attached hydrogen (secondary N) is 3. The van der Waals surface area contributed by atoms with Crippen LogP contribution in [0.3, 0.4) is 0 Å². The van der Waals surface area contributed by atoms with E-state index in [0.29, 0.717) is 12.3 Å². The van der Waals surface area contributed by atoms with Gasteiger partial charge >= 0.3 is 0 Å². The maximum atomic E-state index is 11.9. The van der Waals surface area contributed by atoms with Gasteiger partial charge in [0.05, 0.1) is 0 Å². The quantitative estimate of drug-likeness (QED) is 0.768. The summed E-state index contributed by atoms with van der Waals surface area (Å²) in [5, 5.41) is 7.72. The topological polar surface area (TPSA) is 56.9 Å². The number of amides is 1. The van der Waals surface area contributed by atoms with E-state index in [1.807, 2.05) is 6.07 Å². The summed E-state index contributed by atoms with van der Waals surface area (Å²) in [7, 11) is 0. The molecule has 0 unspecified atom stereocenters. The summed E-state index contributed by atoms with van der Waals surface area (Å²) in [6.07, 6.45) is 6.89. The lowest BCUT2D eigenvalue weighted by atomic mass is 9.98. The van der Waals surface area contributed by atoms with Crippen molar-refractivity contribution in [1.82, 2.24) is 15.6 Å². The van der Waals surface area contributed by atoms with E-state index in [2.05, 4.69) is 40.0 Å². The van der Waals surface area contributed by atoms with E-state index in [1.165, 1.54) is 29.3 Å². The maximum Gasteiger partial charge on any atom is 0.220 e. The molecule has 1 amide bonds. The van der Waals surface area contributed by atoms with Gasteiger partial charge in [0, 0.05) is 30.1 Å². The van der Waals surface area contributed by atoms with Gasteiger partial charge in [0.15, 0.2) is 0 Å². The number of fused-ring (bicyclic) bond motifs is 1. The van der Waals surface area contributed by atoms with E-state index in [1.54, 1.807) is 0 Å². The first-order valence-electron chi connectivity index (χ1n) is 8.35. The lowest BCUT2D eigenvalue weighted by molar-refractivity contribution is -0.121. The molecule has 22 heavy (non-hydrogen) atoms. The zero-order chi connectivity index (χ0) is 15.2. The summed E-state index contributed by atoms with van der Waals surface area (Å²) in [5.41, 5.74) is 2.48. The Hall–Kier alpha value is -1.81. The second-order valence-corrected chi connectivity index (χ2v) is 6.21. The number of carbonyl (C=O) groups excluding carboxylic acids is 1.